The molecule has 0 aliphatic carbocycles. The van der Waals surface area contributed by atoms with E-state index in [4.69, 9.17) is 37.0 Å². The molecule has 1 aromatic rings. The summed E-state index contributed by atoms with van der Waals surface area (Å²) in [6.07, 6.45) is 1.93. The fourth-order valence-electron chi connectivity index (χ4n) is 3.53. The molecule has 238 valence electrons. The predicted molar refractivity (Wildman–Crippen MR) is 159 cm³/mol. The molecule has 1 aliphatic heterocycles. The second-order valence-electron chi connectivity index (χ2n) is 11.6. The highest BCUT2D eigenvalue weighted by Crippen LogP contribution is 2.36. The van der Waals surface area contributed by atoms with Crippen LogP contribution in [0, 0.1) is 6.92 Å². The smallest absolute Gasteiger partial charge is 0.297 e. The Hall–Kier alpha value is -0.933. The largest absolute Gasteiger partial charge is 0.414 e. The molecule has 1 saturated heterocycles. The fourth-order valence-corrected chi connectivity index (χ4v) is 5.49. The Balaban J connectivity index is 1.59. The van der Waals surface area contributed by atoms with Crippen LogP contribution in [-0.2, 0) is 47.1 Å². The lowest BCUT2D eigenvalue weighted by atomic mass is 10.2. The van der Waals surface area contributed by atoms with Gasteiger partial charge in [0, 0.05) is 6.61 Å². The van der Waals surface area contributed by atoms with E-state index in [0.29, 0.717) is 52.9 Å². The average molecular weight is 621 g/mol. The van der Waals surface area contributed by atoms with E-state index in [2.05, 4.69) is 33.9 Å². The molecule has 1 fully saturated rings. The number of aryl methyl sites for hydroxylation is 1. The SMILES string of the molecule is Cc1ccc(S(=O)(=O)OC[C@@H](COC2CCCCO2)OCCOCCOCCOCCO[Si](C)(C)C(C)(C)C)cc1. The minimum absolute atomic E-state index is 0.103. The molecule has 0 N–H and O–H groups in total. The summed E-state index contributed by atoms with van der Waals surface area (Å²) in [5.74, 6) is 0. The van der Waals surface area contributed by atoms with Gasteiger partial charge < -0.3 is 32.8 Å². The third-order valence-corrected chi connectivity index (χ3v) is 13.0. The van der Waals surface area contributed by atoms with Gasteiger partial charge in [0.2, 0.25) is 0 Å². The maximum Gasteiger partial charge on any atom is 0.297 e. The van der Waals surface area contributed by atoms with Gasteiger partial charge in [0.15, 0.2) is 14.6 Å². The van der Waals surface area contributed by atoms with Crippen LogP contribution in [0.5, 0.6) is 0 Å². The van der Waals surface area contributed by atoms with Gasteiger partial charge in [-0.2, -0.15) is 8.42 Å². The summed E-state index contributed by atoms with van der Waals surface area (Å²) in [5, 5.41) is 0.190. The molecule has 0 amide bonds. The van der Waals surface area contributed by atoms with Crippen molar-refractivity contribution in [2.24, 2.45) is 0 Å². The Labute approximate surface area is 248 Å². The van der Waals surface area contributed by atoms with Crippen LogP contribution in [-0.4, -0.2) is 102 Å². The maximum atomic E-state index is 12.6. The fraction of sp³-hybridized carbons (Fsp3) is 0.793. The van der Waals surface area contributed by atoms with Crippen molar-refractivity contribution in [1.82, 2.24) is 0 Å². The highest BCUT2D eigenvalue weighted by atomic mass is 32.2. The van der Waals surface area contributed by atoms with Gasteiger partial charge in [-0.25, -0.2) is 0 Å². The van der Waals surface area contributed by atoms with Crippen molar-refractivity contribution >= 4 is 18.4 Å². The Morgan fingerprint density at radius 2 is 1.46 bits per heavy atom. The summed E-state index contributed by atoms with van der Waals surface area (Å²) in [4.78, 5) is 0.103. The Morgan fingerprint density at radius 1 is 0.878 bits per heavy atom. The van der Waals surface area contributed by atoms with Crippen LogP contribution in [0.3, 0.4) is 0 Å². The van der Waals surface area contributed by atoms with E-state index in [0.717, 1.165) is 24.8 Å². The summed E-state index contributed by atoms with van der Waals surface area (Å²) in [6.45, 7) is 17.2. The summed E-state index contributed by atoms with van der Waals surface area (Å²) in [6, 6.07) is 6.51. The summed E-state index contributed by atoms with van der Waals surface area (Å²) < 4.78 is 70.6. The molecule has 12 heteroatoms. The lowest BCUT2D eigenvalue weighted by molar-refractivity contribution is -0.183. The standard InChI is InChI=1S/C29H52O10SSi/c1-25-10-12-27(13-11-25)40(30,31)38-24-26(23-37-28-9-7-8-14-36-28)35-21-19-33-17-15-32-16-18-34-20-22-39-41(5,6)29(2,3)4/h10-13,26,28H,7-9,14-24H2,1-6H3/t26-,28?/m1/s1. The zero-order chi connectivity index (χ0) is 30.2. The van der Waals surface area contributed by atoms with Gasteiger partial charge in [0.05, 0.1) is 71.0 Å². The molecule has 0 aromatic heterocycles. The quantitative estimate of drug-likeness (QED) is 0.109. The van der Waals surface area contributed by atoms with Crippen LogP contribution in [0.1, 0.15) is 45.6 Å². The van der Waals surface area contributed by atoms with Gasteiger partial charge in [-0.1, -0.05) is 38.5 Å². The molecule has 41 heavy (non-hydrogen) atoms. The van der Waals surface area contributed by atoms with Crippen LogP contribution in [0.25, 0.3) is 0 Å². The lowest BCUT2D eigenvalue weighted by Crippen LogP contribution is -2.41. The molecule has 0 radical (unpaired) electrons. The van der Waals surface area contributed by atoms with E-state index < -0.39 is 24.5 Å². The van der Waals surface area contributed by atoms with Crippen LogP contribution in [0.15, 0.2) is 29.2 Å². The van der Waals surface area contributed by atoms with Crippen molar-refractivity contribution in [2.45, 2.75) is 82.4 Å². The minimum atomic E-state index is -3.91. The molecule has 1 aliphatic rings. The number of ether oxygens (including phenoxy) is 6. The zero-order valence-corrected chi connectivity index (χ0v) is 27.7. The molecular formula is C29H52O10SSi. The Bertz CT molecular complexity index is 928. The summed E-state index contributed by atoms with van der Waals surface area (Å²) in [7, 11) is -5.65. The maximum absolute atomic E-state index is 12.6. The van der Waals surface area contributed by atoms with Crippen LogP contribution in [0.2, 0.25) is 18.1 Å². The van der Waals surface area contributed by atoms with Gasteiger partial charge in [-0.3, -0.25) is 4.18 Å². The third-order valence-electron chi connectivity index (χ3n) is 7.15. The molecule has 0 saturated carbocycles. The van der Waals surface area contributed by atoms with Crippen LogP contribution >= 0.6 is 0 Å². The third kappa shape index (κ3) is 14.9. The van der Waals surface area contributed by atoms with Gasteiger partial charge in [0.1, 0.15) is 6.10 Å². The van der Waals surface area contributed by atoms with Crippen LogP contribution in [0.4, 0.5) is 0 Å². The van der Waals surface area contributed by atoms with E-state index in [-0.39, 0.29) is 36.0 Å². The van der Waals surface area contributed by atoms with Crippen molar-refractivity contribution in [3.8, 4) is 0 Å². The number of rotatable bonds is 21. The van der Waals surface area contributed by atoms with E-state index in [1.54, 1.807) is 12.1 Å². The molecular weight excluding hydrogens is 568 g/mol. The number of hydrogen-bond donors (Lipinski definition) is 0. The summed E-state index contributed by atoms with van der Waals surface area (Å²) >= 11 is 0. The number of benzene rings is 1. The van der Waals surface area contributed by atoms with Crippen LogP contribution < -0.4 is 0 Å². The van der Waals surface area contributed by atoms with E-state index in [1.165, 1.54) is 12.1 Å². The molecule has 0 spiro atoms. The Morgan fingerprint density at radius 3 is 2.02 bits per heavy atom. The van der Waals surface area contributed by atoms with Crippen molar-refractivity contribution < 1.29 is 45.4 Å². The average Bonchev–Trinajstić information content (AvgIpc) is 2.92. The van der Waals surface area contributed by atoms with Gasteiger partial charge in [0.25, 0.3) is 10.1 Å². The lowest BCUT2D eigenvalue weighted by Gasteiger charge is -2.36. The van der Waals surface area contributed by atoms with E-state index in [9.17, 15) is 8.42 Å². The zero-order valence-electron chi connectivity index (χ0n) is 25.9. The monoisotopic (exact) mass is 620 g/mol. The molecule has 1 unspecified atom stereocenters. The molecule has 2 atom stereocenters. The van der Waals surface area contributed by atoms with Gasteiger partial charge >= 0.3 is 0 Å². The second kappa shape index (κ2) is 18.7. The predicted octanol–water partition coefficient (Wildman–Crippen LogP) is 4.70. The van der Waals surface area contributed by atoms with Gasteiger partial charge in [-0.05, 0) is 56.5 Å². The highest BCUT2D eigenvalue weighted by molar-refractivity contribution is 7.86. The number of hydrogen-bond acceptors (Lipinski definition) is 10. The second-order valence-corrected chi connectivity index (χ2v) is 18.0. The van der Waals surface area contributed by atoms with Crippen molar-refractivity contribution in [3.05, 3.63) is 29.8 Å². The topological polar surface area (TPSA) is 108 Å². The van der Waals surface area contributed by atoms with Gasteiger partial charge in [-0.15, -0.1) is 0 Å². The minimum Gasteiger partial charge on any atom is -0.414 e. The molecule has 1 aromatic carbocycles. The summed E-state index contributed by atoms with van der Waals surface area (Å²) in [5.41, 5.74) is 0.965. The normalized spacial score (nSPS) is 17.6. The first-order valence-corrected chi connectivity index (χ1v) is 18.9. The first-order chi connectivity index (χ1) is 19.4. The molecule has 0 bridgehead atoms. The highest BCUT2D eigenvalue weighted by Gasteiger charge is 2.36. The van der Waals surface area contributed by atoms with E-state index in [1.807, 2.05) is 6.92 Å². The Kier molecular flexibility index (Phi) is 16.5. The van der Waals surface area contributed by atoms with Crippen molar-refractivity contribution in [3.63, 3.8) is 0 Å². The molecule has 1 heterocycles. The molecule has 10 nitrogen and oxygen atoms in total. The van der Waals surface area contributed by atoms with E-state index >= 15 is 0 Å². The first-order valence-electron chi connectivity index (χ1n) is 14.6. The van der Waals surface area contributed by atoms with Crippen molar-refractivity contribution in [1.29, 1.82) is 0 Å². The molecule has 2 rings (SSSR count). The van der Waals surface area contributed by atoms with Crippen molar-refractivity contribution in [2.75, 3.05) is 72.7 Å². The first kappa shape index (κ1) is 36.3.